The minimum absolute atomic E-state index is 0.324. The van der Waals surface area contributed by atoms with E-state index in [-0.39, 0.29) is 0 Å². The summed E-state index contributed by atoms with van der Waals surface area (Å²) in [6.45, 7) is 10.6. The van der Waals surface area contributed by atoms with Crippen molar-refractivity contribution in [2.75, 3.05) is 0 Å². The maximum absolute atomic E-state index is 14.2. The summed E-state index contributed by atoms with van der Waals surface area (Å²) in [4.78, 5) is 4.66. The van der Waals surface area contributed by atoms with Gasteiger partial charge in [-0.2, -0.15) is 18.3 Å². The van der Waals surface area contributed by atoms with E-state index in [1.165, 1.54) is 21.4 Å². The molecule has 7 nitrogen and oxygen atoms in total. The Balaban J connectivity index is 1.45. The lowest BCUT2D eigenvalue weighted by Crippen LogP contribution is -2.77. The summed E-state index contributed by atoms with van der Waals surface area (Å²) in [6.07, 6.45) is -0.860. The zero-order chi connectivity index (χ0) is 30.7. The minimum Gasteiger partial charge on any atom is -0.206 e. The van der Waals surface area contributed by atoms with Crippen molar-refractivity contribution in [3.8, 4) is 34.0 Å². The third-order valence-corrected chi connectivity index (χ3v) is 8.87. The lowest BCUT2D eigenvalue weighted by molar-refractivity contribution is -0.990. The zero-order valence-electron chi connectivity index (χ0n) is 24.9. The lowest BCUT2D eigenvalue weighted by atomic mass is 9.84. The van der Waals surface area contributed by atoms with Gasteiger partial charge in [0.15, 0.2) is 23.8 Å². The van der Waals surface area contributed by atoms with Crippen molar-refractivity contribution in [2.24, 2.45) is 0 Å². The highest BCUT2D eigenvalue weighted by atomic mass is 19.4. The molecule has 0 N–H and O–H groups in total. The number of alkyl halides is 3. The Morgan fingerprint density at radius 3 is 2.25 bits per heavy atom. The van der Waals surface area contributed by atoms with Gasteiger partial charge in [0.05, 0.1) is 5.39 Å². The number of aromatic nitrogens is 7. The maximum Gasteiger partial charge on any atom is 0.584 e. The van der Waals surface area contributed by atoms with Gasteiger partial charge in [-0.1, -0.05) is 65.8 Å². The van der Waals surface area contributed by atoms with Crippen molar-refractivity contribution in [1.29, 1.82) is 0 Å². The molecule has 2 aliphatic heterocycles. The van der Waals surface area contributed by atoms with Crippen LogP contribution in [0.3, 0.4) is 0 Å². The van der Waals surface area contributed by atoms with E-state index in [0.717, 1.165) is 28.1 Å². The first-order valence-corrected chi connectivity index (χ1v) is 14.8. The average molecular weight is 594 g/mol. The second-order valence-electron chi connectivity index (χ2n) is 12.2. The fourth-order valence-corrected chi connectivity index (χ4v) is 7.03. The summed E-state index contributed by atoms with van der Waals surface area (Å²) in [5.41, 5.74) is 5.59. The largest absolute Gasteiger partial charge is 0.584 e. The molecule has 0 saturated heterocycles. The lowest BCUT2D eigenvalue weighted by Gasteiger charge is -2.20. The van der Waals surface area contributed by atoms with Crippen molar-refractivity contribution < 1.29 is 22.3 Å². The van der Waals surface area contributed by atoms with Gasteiger partial charge in [-0.3, -0.25) is 0 Å². The molecule has 6 heterocycles. The minimum atomic E-state index is -4.63. The highest BCUT2D eigenvalue weighted by Crippen LogP contribution is 2.43. The van der Waals surface area contributed by atoms with Crippen molar-refractivity contribution in [1.82, 2.24) is 24.5 Å². The number of nitrogens with zero attached hydrogens (tertiary/aromatic N) is 7. The first-order valence-electron chi connectivity index (χ1n) is 14.8. The van der Waals surface area contributed by atoms with E-state index < -0.39 is 17.8 Å². The molecule has 8 rings (SSSR count). The van der Waals surface area contributed by atoms with Gasteiger partial charge in [-0.05, 0) is 64.6 Å². The molecule has 0 saturated carbocycles. The smallest absolute Gasteiger partial charge is 0.206 e. The number of fused-ring (bicyclic) bond motifs is 12. The maximum atomic E-state index is 14.2. The van der Waals surface area contributed by atoms with Crippen LogP contribution in [0.1, 0.15) is 62.2 Å². The van der Waals surface area contributed by atoms with Crippen molar-refractivity contribution in [3.63, 3.8) is 0 Å². The quantitative estimate of drug-likeness (QED) is 0.217. The first kappa shape index (κ1) is 26.7. The van der Waals surface area contributed by atoms with Gasteiger partial charge in [0, 0.05) is 24.3 Å². The van der Waals surface area contributed by atoms with E-state index in [2.05, 4.69) is 68.1 Å². The SMILES string of the molecule is Cc1nc2n(n1)C1(n3nc(C(F)(F)F)cc3-c3c4ccc(-c5c(C(C)C)cccc5C(C)C)cc4cc[n+]31)[n+]1ccccc1-2. The molecule has 0 bridgehead atoms. The van der Waals surface area contributed by atoms with Gasteiger partial charge < -0.3 is 0 Å². The van der Waals surface area contributed by atoms with Crippen LogP contribution in [-0.2, 0) is 12.1 Å². The van der Waals surface area contributed by atoms with E-state index in [1.54, 1.807) is 11.6 Å². The van der Waals surface area contributed by atoms with Crippen molar-refractivity contribution >= 4 is 10.8 Å². The fraction of sp³-hybridized carbons (Fsp3) is 0.265. The zero-order valence-corrected chi connectivity index (χ0v) is 24.9. The topological polar surface area (TPSA) is 56.3 Å². The number of aryl methyl sites for hydroxylation is 1. The number of rotatable bonds is 3. The van der Waals surface area contributed by atoms with E-state index in [0.29, 0.717) is 34.9 Å². The van der Waals surface area contributed by atoms with Crippen molar-refractivity contribution in [2.45, 2.75) is 58.5 Å². The summed E-state index contributed by atoms with van der Waals surface area (Å²) in [7, 11) is 0. The molecule has 2 aliphatic rings. The van der Waals surface area contributed by atoms with Gasteiger partial charge >= 0.3 is 12.1 Å². The van der Waals surface area contributed by atoms with Crippen LogP contribution >= 0.6 is 0 Å². The molecule has 1 unspecified atom stereocenters. The molecule has 0 amide bonds. The highest BCUT2D eigenvalue weighted by molar-refractivity contribution is 5.96. The third-order valence-electron chi connectivity index (χ3n) is 8.87. The van der Waals surface area contributed by atoms with Crippen LogP contribution in [0.25, 0.3) is 44.8 Å². The second kappa shape index (κ2) is 8.84. The second-order valence-corrected chi connectivity index (χ2v) is 12.2. The van der Waals surface area contributed by atoms with Gasteiger partial charge in [0.2, 0.25) is 11.5 Å². The van der Waals surface area contributed by atoms with Crippen LogP contribution < -0.4 is 9.13 Å². The number of pyridine rings is 2. The molecule has 1 atom stereocenters. The molecule has 0 radical (unpaired) electrons. The number of hydrogen-bond donors (Lipinski definition) is 0. The molecule has 2 aromatic carbocycles. The predicted molar refractivity (Wildman–Crippen MR) is 159 cm³/mol. The number of benzene rings is 2. The summed E-state index contributed by atoms with van der Waals surface area (Å²) in [5, 5.41) is 10.7. The van der Waals surface area contributed by atoms with E-state index in [4.69, 9.17) is 5.10 Å². The number of hydrogen-bond acceptors (Lipinski definition) is 3. The van der Waals surface area contributed by atoms with E-state index >= 15 is 0 Å². The summed E-state index contributed by atoms with van der Waals surface area (Å²) < 4.78 is 49.7. The van der Waals surface area contributed by atoms with Crippen LogP contribution in [0.4, 0.5) is 13.2 Å². The Bertz CT molecular complexity index is 2130. The molecule has 1 spiro atoms. The van der Waals surface area contributed by atoms with Crippen molar-refractivity contribution in [3.05, 3.63) is 102 Å². The van der Waals surface area contributed by atoms with Gasteiger partial charge in [0.25, 0.3) is 5.69 Å². The Morgan fingerprint density at radius 1 is 0.795 bits per heavy atom. The van der Waals surface area contributed by atoms with E-state index in [9.17, 15) is 13.2 Å². The van der Waals surface area contributed by atoms with Gasteiger partial charge in [0.1, 0.15) is 5.82 Å². The number of halogens is 3. The molecular formula is C34H30F3N7+2. The fourth-order valence-electron chi connectivity index (χ4n) is 7.03. The van der Waals surface area contributed by atoms with Crippen LogP contribution in [-0.4, -0.2) is 24.5 Å². The standard InChI is InChI=1S/C34H30F3N7/c1-19(2)24-9-8-10-25(20(3)4)30(24)23-12-13-26-22(17-23)14-16-42-31(26)28-18-29(33(35,36)37)40-43(28)34(42)41-15-7-6-11-27(41)32-38-21(5)39-44(32)34/h6-20H,1-5H3/q+2. The predicted octanol–water partition coefficient (Wildman–Crippen LogP) is 6.62. The molecule has 0 fully saturated rings. The molecular weight excluding hydrogens is 563 g/mol. The van der Waals surface area contributed by atoms with Crippen LogP contribution in [0.5, 0.6) is 0 Å². The third kappa shape index (κ3) is 3.36. The van der Waals surface area contributed by atoms with Crippen LogP contribution in [0.2, 0.25) is 0 Å². The molecule has 44 heavy (non-hydrogen) atoms. The Morgan fingerprint density at radius 2 is 1.55 bits per heavy atom. The summed E-state index contributed by atoms with van der Waals surface area (Å²) >= 11 is 0. The summed E-state index contributed by atoms with van der Waals surface area (Å²) in [6, 6.07) is 21.6. The Kier molecular flexibility index (Phi) is 5.37. The highest BCUT2D eigenvalue weighted by Gasteiger charge is 2.71. The first-order chi connectivity index (χ1) is 21.0. The van der Waals surface area contributed by atoms with Gasteiger partial charge in [-0.25, -0.2) is 4.98 Å². The monoisotopic (exact) mass is 593 g/mol. The van der Waals surface area contributed by atoms with Crippen LogP contribution in [0.15, 0.2) is 79.1 Å². The van der Waals surface area contributed by atoms with Gasteiger partial charge in [-0.15, -0.1) is 9.78 Å². The van der Waals surface area contributed by atoms with E-state index in [1.807, 2.05) is 51.9 Å². The molecule has 0 aliphatic carbocycles. The molecule has 220 valence electrons. The average Bonchev–Trinajstić information content (AvgIpc) is 3.72. The van der Waals surface area contributed by atoms with Crippen LogP contribution in [0, 0.1) is 6.92 Å². The Hall–Kier alpha value is -4.86. The normalized spacial score (nSPS) is 16.7. The molecule has 10 heteroatoms. The molecule has 6 aromatic rings. The summed E-state index contributed by atoms with van der Waals surface area (Å²) in [5.74, 6) is 0.321. The Labute approximate surface area is 251 Å². The molecule has 4 aromatic heterocycles.